The molecule has 3 amide bonds. The highest BCUT2D eigenvalue weighted by Crippen LogP contribution is 2.16. The Morgan fingerprint density at radius 1 is 0.286 bits per heavy atom. The molecule has 0 fully saturated rings. The van der Waals surface area contributed by atoms with Gasteiger partial charge in [0.25, 0.3) is 0 Å². The zero-order valence-electron chi connectivity index (χ0n) is 42.3. The number of unbranched alkanes of at least 4 members (excludes halogenated alkanes) is 39. The molecule has 0 unspecified atom stereocenters. The van der Waals surface area contributed by atoms with Crippen molar-refractivity contribution in [2.45, 2.75) is 297 Å². The fourth-order valence-electron chi connectivity index (χ4n) is 8.28. The minimum absolute atomic E-state index is 0.191. The predicted molar refractivity (Wildman–Crippen MR) is 268 cm³/mol. The zero-order valence-corrected chi connectivity index (χ0v) is 42.3. The molecule has 0 aromatic heterocycles. The van der Waals surface area contributed by atoms with E-state index < -0.39 is 24.4 Å². The molecule has 0 heterocycles. The monoisotopic (exact) mass is 894 g/mol. The van der Waals surface area contributed by atoms with Gasteiger partial charge in [0.1, 0.15) is 13.2 Å². The molecule has 0 spiro atoms. The summed E-state index contributed by atoms with van der Waals surface area (Å²) in [7, 11) is 0. The fourth-order valence-corrected chi connectivity index (χ4v) is 8.28. The molecule has 0 saturated heterocycles. The molecule has 3 N–H and O–H groups in total. The summed E-state index contributed by atoms with van der Waals surface area (Å²) in [4.78, 5) is 37.7. The average molecular weight is 894 g/mol. The number of hydrogen-bond acceptors (Lipinski definition) is 6. The lowest BCUT2D eigenvalue weighted by atomic mass is 10.0. The molecule has 0 saturated carbocycles. The fraction of sp³-hybridized carbons (Fsp3) is 0.944. The standard InChI is InChI=1S/C54H107N3O6/c1-4-7-10-13-16-19-22-25-28-31-34-37-40-43-46-55-52(58)61-49-51(63-54(60)57-48-45-42-39-36-33-30-27-24-21-18-15-12-9-6-3)50-62-53(59)56-47-44-41-38-35-32-29-26-23-20-17-14-11-8-5-2/h51H,4-50H2,1-3H3,(H,55,58)(H,56,59)(H,57,60). The number of amides is 3. The van der Waals surface area contributed by atoms with E-state index in [0.717, 1.165) is 38.5 Å². The van der Waals surface area contributed by atoms with Gasteiger partial charge in [-0.3, -0.25) is 0 Å². The molecule has 0 aliphatic rings. The van der Waals surface area contributed by atoms with Crippen molar-refractivity contribution in [1.29, 1.82) is 0 Å². The Bertz CT molecular complexity index is 903. The highest BCUT2D eigenvalue weighted by Gasteiger charge is 2.19. The zero-order chi connectivity index (χ0) is 45.8. The topological polar surface area (TPSA) is 115 Å². The molecule has 0 rings (SSSR count). The Hall–Kier alpha value is -2.19. The Labute approximate surface area is 391 Å². The van der Waals surface area contributed by atoms with Crippen molar-refractivity contribution in [1.82, 2.24) is 16.0 Å². The van der Waals surface area contributed by atoms with Gasteiger partial charge in [0.05, 0.1) is 0 Å². The van der Waals surface area contributed by atoms with Crippen LogP contribution in [0, 0.1) is 0 Å². The molecule has 0 bridgehead atoms. The van der Waals surface area contributed by atoms with Crippen LogP contribution in [0.3, 0.4) is 0 Å². The highest BCUT2D eigenvalue weighted by molar-refractivity contribution is 5.69. The van der Waals surface area contributed by atoms with Gasteiger partial charge in [0.15, 0.2) is 6.10 Å². The second kappa shape index (κ2) is 52.4. The lowest BCUT2D eigenvalue weighted by molar-refractivity contribution is 0.00737. The van der Waals surface area contributed by atoms with Crippen LogP contribution < -0.4 is 16.0 Å². The van der Waals surface area contributed by atoms with Gasteiger partial charge in [-0.05, 0) is 19.3 Å². The molecule has 0 aromatic carbocycles. The van der Waals surface area contributed by atoms with E-state index in [9.17, 15) is 14.4 Å². The molecule has 63 heavy (non-hydrogen) atoms. The van der Waals surface area contributed by atoms with Gasteiger partial charge in [-0.2, -0.15) is 0 Å². The third-order valence-electron chi connectivity index (χ3n) is 12.5. The van der Waals surface area contributed by atoms with Gasteiger partial charge in [-0.25, -0.2) is 14.4 Å². The van der Waals surface area contributed by atoms with Crippen molar-refractivity contribution in [2.75, 3.05) is 32.8 Å². The summed E-state index contributed by atoms with van der Waals surface area (Å²) >= 11 is 0. The van der Waals surface area contributed by atoms with Crippen LogP contribution in [0.1, 0.15) is 290 Å². The van der Waals surface area contributed by atoms with Crippen LogP contribution in [-0.4, -0.2) is 57.2 Å². The van der Waals surface area contributed by atoms with E-state index in [0.29, 0.717) is 19.6 Å². The minimum Gasteiger partial charge on any atom is -0.445 e. The number of ether oxygens (including phenoxy) is 3. The van der Waals surface area contributed by atoms with Gasteiger partial charge in [-0.1, -0.05) is 271 Å². The molecule has 0 atom stereocenters. The maximum absolute atomic E-state index is 12.7. The third kappa shape index (κ3) is 50.7. The predicted octanol–water partition coefficient (Wildman–Crippen LogP) is 17.0. The quantitative estimate of drug-likeness (QED) is 0.0414. The summed E-state index contributed by atoms with van der Waals surface area (Å²) in [6, 6.07) is 0. The molecule has 0 aliphatic carbocycles. The largest absolute Gasteiger partial charge is 0.445 e. The van der Waals surface area contributed by atoms with E-state index >= 15 is 0 Å². The molecule has 9 heteroatoms. The van der Waals surface area contributed by atoms with E-state index in [1.165, 1.54) is 231 Å². The van der Waals surface area contributed by atoms with Gasteiger partial charge < -0.3 is 30.2 Å². The first-order valence-electron chi connectivity index (χ1n) is 27.8. The van der Waals surface area contributed by atoms with E-state index in [1.54, 1.807) is 0 Å². The summed E-state index contributed by atoms with van der Waals surface area (Å²) in [5.41, 5.74) is 0. The Balaban J connectivity index is 4.30. The number of carbonyl (C=O) groups is 3. The van der Waals surface area contributed by atoms with Crippen molar-refractivity contribution in [3.05, 3.63) is 0 Å². The lowest BCUT2D eigenvalue weighted by Gasteiger charge is -2.19. The van der Waals surface area contributed by atoms with Crippen LogP contribution >= 0.6 is 0 Å². The molecule has 0 aromatic rings. The summed E-state index contributed by atoms with van der Waals surface area (Å²) in [6.07, 6.45) is 51.3. The minimum atomic E-state index is -0.903. The Morgan fingerprint density at radius 3 is 0.698 bits per heavy atom. The molecule has 0 aliphatic heterocycles. The first-order chi connectivity index (χ1) is 31.0. The number of carbonyl (C=O) groups excluding carboxylic acids is 3. The van der Waals surface area contributed by atoms with Crippen molar-refractivity contribution in [2.24, 2.45) is 0 Å². The molecular formula is C54H107N3O6. The normalized spacial score (nSPS) is 11.2. The number of alkyl carbamates (subject to hydrolysis) is 3. The van der Waals surface area contributed by atoms with Crippen LogP contribution in [0.5, 0.6) is 0 Å². The Morgan fingerprint density at radius 2 is 0.476 bits per heavy atom. The van der Waals surface area contributed by atoms with Crippen LogP contribution in [0.25, 0.3) is 0 Å². The van der Waals surface area contributed by atoms with Crippen molar-refractivity contribution in [3.8, 4) is 0 Å². The smallest absolute Gasteiger partial charge is 0.407 e. The van der Waals surface area contributed by atoms with Crippen LogP contribution in [0.15, 0.2) is 0 Å². The first-order valence-corrected chi connectivity index (χ1v) is 27.8. The van der Waals surface area contributed by atoms with Crippen molar-refractivity contribution >= 4 is 18.3 Å². The van der Waals surface area contributed by atoms with E-state index in [4.69, 9.17) is 14.2 Å². The molecular weight excluding hydrogens is 787 g/mol. The SMILES string of the molecule is CCCCCCCCCCCCCCCCNC(=O)OCC(COC(=O)NCCCCCCCCCCCCCCCC)OC(=O)NCCCCCCCCCCCCCCCC. The molecule has 9 nitrogen and oxygen atoms in total. The van der Waals surface area contributed by atoms with Crippen LogP contribution in [0.4, 0.5) is 14.4 Å². The van der Waals surface area contributed by atoms with E-state index in [2.05, 4.69) is 36.7 Å². The van der Waals surface area contributed by atoms with E-state index in [1.807, 2.05) is 0 Å². The third-order valence-corrected chi connectivity index (χ3v) is 12.5. The number of rotatable bonds is 50. The van der Waals surface area contributed by atoms with Crippen molar-refractivity contribution < 1.29 is 28.6 Å². The summed E-state index contributed by atoms with van der Waals surface area (Å²) in [6.45, 7) is 8.03. The second-order valence-electron chi connectivity index (χ2n) is 18.8. The second-order valence-corrected chi connectivity index (χ2v) is 18.8. The van der Waals surface area contributed by atoms with Gasteiger partial charge in [0, 0.05) is 19.6 Å². The summed E-state index contributed by atoms with van der Waals surface area (Å²) in [5, 5.41) is 8.46. The Kier molecular flexibility index (Phi) is 50.6. The molecule has 374 valence electrons. The highest BCUT2D eigenvalue weighted by atomic mass is 16.6. The first kappa shape index (κ1) is 60.8. The van der Waals surface area contributed by atoms with Gasteiger partial charge in [0.2, 0.25) is 0 Å². The maximum atomic E-state index is 12.7. The molecule has 0 radical (unpaired) electrons. The summed E-state index contributed by atoms with van der Waals surface area (Å²) < 4.78 is 16.4. The average Bonchev–Trinajstić information content (AvgIpc) is 3.28. The van der Waals surface area contributed by atoms with Gasteiger partial charge >= 0.3 is 18.3 Å². The number of hydrogen-bond donors (Lipinski definition) is 3. The number of nitrogens with one attached hydrogen (secondary N) is 3. The van der Waals surface area contributed by atoms with E-state index in [-0.39, 0.29) is 13.2 Å². The maximum Gasteiger partial charge on any atom is 0.407 e. The van der Waals surface area contributed by atoms with Crippen LogP contribution in [-0.2, 0) is 14.2 Å². The van der Waals surface area contributed by atoms with Gasteiger partial charge in [-0.15, -0.1) is 0 Å². The van der Waals surface area contributed by atoms with Crippen LogP contribution in [0.2, 0.25) is 0 Å². The summed E-state index contributed by atoms with van der Waals surface area (Å²) in [5.74, 6) is 0. The van der Waals surface area contributed by atoms with Crippen molar-refractivity contribution in [3.63, 3.8) is 0 Å². The lowest BCUT2D eigenvalue weighted by Crippen LogP contribution is -2.38.